The minimum atomic E-state index is -2.88. The Morgan fingerprint density at radius 1 is 1.04 bits per heavy atom. The van der Waals surface area contributed by atoms with Gasteiger partial charge in [0.2, 0.25) is 17.6 Å². The molecule has 3 amide bonds. The summed E-state index contributed by atoms with van der Waals surface area (Å²) in [5.74, 6) is -3.67. The minimum Gasteiger partial charge on any atom is -0.368 e. The maximum Gasteiger partial charge on any atom is 0.270 e. The number of rotatable bonds is 11. The van der Waals surface area contributed by atoms with Crippen LogP contribution in [0.15, 0.2) is 60.8 Å². The maximum absolute atomic E-state index is 14.2. The van der Waals surface area contributed by atoms with Gasteiger partial charge in [0.15, 0.2) is 0 Å². The number of H-pyrrole nitrogens is 1. The molecule has 0 radical (unpaired) electrons. The van der Waals surface area contributed by atoms with Gasteiger partial charge in [-0.15, -0.1) is 10.2 Å². The van der Waals surface area contributed by atoms with Crippen LogP contribution in [0, 0.1) is 18.8 Å². The monoisotopic (exact) mass is 700 g/mol. The molecule has 6 rings (SSSR count). The van der Waals surface area contributed by atoms with Crippen molar-refractivity contribution in [3.63, 3.8) is 0 Å². The van der Waals surface area contributed by atoms with Crippen molar-refractivity contribution < 1.29 is 23.2 Å². The van der Waals surface area contributed by atoms with Crippen molar-refractivity contribution in [3.8, 4) is 22.5 Å². The van der Waals surface area contributed by atoms with Crippen molar-refractivity contribution in [1.29, 1.82) is 0 Å². The Labute approximate surface area is 294 Å². The molecule has 1 saturated heterocycles. The molecule has 4 aromatic rings. The van der Waals surface area contributed by atoms with E-state index in [0.29, 0.717) is 42.4 Å². The second-order valence-electron chi connectivity index (χ2n) is 13.5. The summed E-state index contributed by atoms with van der Waals surface area (Å²) < 4.78 is 27.6. The van der Waals surface area contributed by atoms with Gasteiger partial charge in [-0.2, -0.15) is 5.21 Å². The van der Waals surface area contributed by atoms with Gasteiger partial charge >= 0.3 is 0 Å². The van der Waals surface area contributed by atoms with E-state index in [1.165, 1.54) is 4.90 Å². The number of hydrogen-bond donors (Lipinski definition) is 5. The number of carbonyl (C=O) groups is 3. The van der Waals surface area contributed by atoms with Crippen molar-refractivity contribution in [2.45, 2.75) is 63.5 Å². The number of hydrogen-bond acceptors (Lipinski definition) is 9. The summed E-state index contributed by atoms with van der Waals surface area (Å²) in [6, 6.07) is 14.5. The average molecular weight is 701 g/mol. The number of alkyl halides is 2. The predicted octanol–water partition coefficient (Wildman–Crippen LogP) is 3.16. The van der Waals surface area contributed by atoms with Crippen LogP contribution in [-0.2, 0) is 16.0 Å². The van der Waals surface area contributed by atoms with Gasteiger partial charge in [0.05, 0.1) is 6.54 Å². The lowest BCUT2D eigenvalue weighted by atomic mass is 9.81. The fourth-order valence-corrected chi connectivity index (χ4v) is 7.00. The summed E-state index contributed by atoms with van der Waals surface area (Å²) in [6.45, 7) is 2.28. The van der Waals surface area contributed by atoms with Crippen molar-refractivity contribution in [1.82, 2.24) is 36.2 Å². The van der Waals surface area contributed by atoms with Gasteiger partial charge < -0.3 is 22.1 Å². The number of aromatic nitrogens is 5. The van der Waals surface area contributed by atoms with Crippen LogP contribution in [-0.4, -0.2) is 81.0 Å². The molecule has 2 aliphatic rings. The number of aromatic amines is 1. The minimum absolute atomic E-state index is 0.137. The summed E-state index contributed by atoms with van der Waals surface area (Å²) >= 11 is 0. The van der Waals surface area contributed by atoms with E-state index in [-0.39, 0.29) is 30.5 Å². The molecule has 1 aliphatic heterocycles. The number of aryl methyl sites for hydroxylation is 1. The van der Waals surface area contributed by atoms with E-state index in [2.05, 4.69) is 36.2 Å². The number of anilines is 1. The van der Waals surface area contributed by atoms with Gasteiger partial charge in [-0.25, -0.2) is 8.78 Å². The van der Waals surface area contributed by atoms with Gasteiger partial charge in [0, 0.05) is 54.4 Å². The topological polar surface area (TPSA) is 198 Å². The van der Waals surface area contributed by atoms with Gasteiger partial charge in [0.25, 0.3) is 11.8 Å². The van der Waals surface area contributed by atoms with Crippen molar-refractivity contribution in [3.05, 3.63) is 77.6 Å². The average Bonchev–Trinajstić information content (AvgIpc) is 3.67. The molecule has 1 saturated carbocycles. The quantitative estimate of drug-likeness (QED) is 0.156. The van der Waals surface area contributed by atoms with Crippen molar-refractivity contribution in [2.24, 2.45) is 23.3 Å². The van der Waals surface area contributed by atoms with Gasteiger partial charge in [-0.3, -0.25) is 24.3 Å². The number of nitrogens with zero attached hydrogens (tertiary/aromatic N) is 5. The van der Waals surface area contributed by atoms with Crippen LogP contribution in [0.1, 0.15) is 53.7 Å². The molecule has 2 atom stereocenters. The van der Waals surface area contributed by atoms with E-state index < -0.39 is 42.8 Å². The number of halogens is 2. The summed E-state index contributed by atoms with van der Waals surface area (Å²) in [6.07, 6.45) is 4.38. The molecule has 2 aromatic carbocycles. The number of nitrogens with one attached hydrogen (secondary N) is 3. The number of pyridine rings is 1. The lowest BCUT2D eigenvalue weighted by molar-refractivity contribution is -0.127. The first-order chi connectivity index (χ1) is 24.5. The molecule has 2 aromatic heterocycles. The number of piperidine rings is 1. The summed E-state index contributed by atoms with van der Waals surface area (Å²) in [5, 5.41) is 19.4. The molecular formula is C36H42F2N10O3. The van der Waals surface area contributed by atoms with Gasteiger partial charge in [-0.05, 0) is 97.3 Å². The van der Waals surface area contributed by atoms with E-state index in [1.807, 2.05) is 31.2 Å². The van der Waals surface area contributed by atoms with Crippen LogP contribution in [0.3, 0.4) is 0 Å². The SMILES string of the molecule is Cc1cc(C(=O)NC2CNCC(F)(F)C2)ncc1-c1ccc(C[C@@H](C(N)=O)N(C(=O)C2CCC(CN)CC2)c2ccc(-c3nn[nH]n3)cc2)cc1. The second-order valence-corrected chi connectivity index (χ2v) is 13.5. The Morgan fingerprint density at radius 2 is 1.75 bits per heavy atom. The fraction of sp³-hybridized carbons (Fsp3) is 0.417. The number of tetrazole rings is 1. The van der Waals surface area contributed by atoms with Crippen LogP contribution in [0.2, 0.25) is 0 Å². The number of benzene rings is 2. The van der Waals surface area contributed by atoms with Crippen LogP contribution in [0.4, 0.5) is 14.5 Å². The lowest BCUT2D eigenvalue weighted by Crippen LogP contribution is -2.53. The van der Waals surface area contributed by atoms with Crippen LogP contribution in [0.5, 0.6) is 0 Å². The van der Waals surface area contributed by atoms with E-state index in [1.54, 1.807) is 36.5 Å². The van der Waals surface area contributed by atoms with Gasteiger partial charge in [-0.1, -0.05) is 24.3 Å². The maximum atomic E-state index is 14.2. The van der Waals surface area contributed by atoms with E-state index in [4.69, 9.17) is 11.5 Å². The number of carbonyl (C=O) groups excluding carboxylic acids is 3. The summed E-state index contributed by atoms with van der Waals surface area (Å²) in [7, 11) is 0. The zero-order valence-electron chi connectivity index (χ0n) is 28.3. The van der Waals surface area contributed by atoms with Crippen LogP contribution in [0.25, 0.3) is 22.5 Å². The molecule has 7 N–H and O–H groups in total. The fourth-order valence-electron chi connectivity index (χ4n) is 7.00. The molecule has 1 unspecified atom stereocenters. The highest BCUT2D eigenvalue weighted by Gasteiger charge is 2.38. The molecule has 51 heavy (non-hydrogen) atoms. The molecular weight excluding hydrogens is 658 g/mol. The zero-order valence-corrected chi connectivity index (χ0v) is 28.3. The molecule has 0 spiro atoms. The smallest absolute Gasteiger partial charge is 0.270 e. The zero-order chi connectivity index (χ0) is 36.1. The first kappa shape index (κ1) is 35.7. The molecule has 3 heterocycles. The third kappa shape index (κ3) is 8.43. The first-order valence-electron chi connectivity index (χ1n) is 17.1. The van der Waals surface area contributed by atoms with E-state index in [0.717, 1.165) is 35.1 Å². The molecule has 0 bridgehead atoms. The Bertz CT molecular complexity index is 1830. The molecule has 1 aliphatic carbocycles. The molecule has 2 fully saturated rings. The van der Waals surface area contributed by atoms with Crippen LogP contribution < -0.4 is 27.0 Å². The van der Waals surface area contributed by atoms with Crippen molar-refractivity contribution >= 4 is 23.4 Å². The molecule has 13 nitrogen and oxygen atoms in total. The van der Waals surface area contributed by atoms with E-state index in [9.17, 15) is 23.2 Å². The Morgan fingerprint density at radius 3 is 2.35 bits per heavy atom. The standard InChI is InChI=1S/C36H42F2N10O3/c1-21-14-30(34(50)43-27-16-36(37,38)20-41-18-27)42-19-29(21)24-6-2-22(3-7-24)15-31(32(40)49)48(35(51)26-8-4-23(17-39)5-9-26)28-12-10-25(11-13-28)33-44-46-47-45-33/h2-3,6-7,10-14,19,23,26-27,31,41H,4-5,8-9,15-18,20,39H2,1H3,(H2,40,49)(H,43,50)(H,44,45,46,47)/t23?,26?,27?,31-/m0/s1. The second kappa shape index (κ2) is 15.4. The Balaban J connectivity index is 1.20. The third-order valence-electron chi connectivity index (χ3n) is 9.85. The van der Waals surface area contributed by atoms with Crippen molar-refractivity contribution in [2.75, 3.05) is 24.5 Å². The summed E-state index contributed by atoms with van der Waals surface area (Å²) in [4.78, 5) is 46.0. The summed E-state index contributed by atoms with van der Waals surface area (Å²) in [5.41, 5.74) is 16.5. The Hall–Kier alpha value is -5.15. The molecule has 15 heteroatoms. The highest BCUT2D eigenvalue weighted by molar-refractivity contribution is 6.02. The highest BCUT2D eigenvalue weighted by atomic mass is 19.3. The van der Waals surface area contributed by atoms with Crippen LogP contribution >= 0.6 is 0 Å². The molecule has 268 valence electrons. The third-order valence-corrected chi connectivity index (χ3v) is 9.85. The van der Waals surface area contributed by atoms with Gasteiger partial charge in [0.1, 0.15) is 11.7 Å². The number of primary amides is 1. The normalized spacial score (nSPS) is 20.7. The van der Waals surface area contributed by atoms with E-state index >= 15 is 0 Å². The predicted molar refractivity (Wildman–Crippen MR) is 186 cm³/mol. The highest BCUT2D eigenvalue weighted by Crippen LogP contribution is 2.33. The lowest BCUT2D eigenvalue weighted by Gasteiger charge is -2.35. The number of amides is 3. The largest absolute Gasteiger partial charge is 0.368 e. The first-order valence-corrected chi connectivity index (χ1v) is 17.1. The number of nitrogens with two attached hydrogens (primary N) is 2. The Kier molecular flexibility index (Phi) is 10.8.